The first-order valence-corrected chi connectivity index (χ1v) is 9.00. The quantitative estimate of drug-likeness (QED) is 0.822. The van der Waals surface area contributed by atoms with E-state index in [-0.39, 0.29) is 11.9 Å². The van der Waals surface area contributed by atoms with Crippen molar-refractivity contribution in [2.45, 2.75) is 95.8 Å². The molecule has 2 aliphatic heterocycles. The van der Waals surface area contributed by atoms with E-state index in [1.165, 1.54) is 51.4 Å². The van der Waals surface area contributed by atoms with Crippen LogP contribution in [-0.2, 0) is 4.79 Å². The van der Waals surface area contributed by atoms with Gasteiger partial charge >= 0.3 is 0 Å². The second kappa shape index (κ2) is 6.66. The van der Waals surface area contributed by atoms with Gasteiger partial charge in [0.05, 0.1) is 6.04 Å². The predicted molar refractivity (Wildman–Crippen MR) is 84.7 cm³/mol. The van der Waals surface area contributed by atoms with Crippen LogP contribution in [0.2, 0.25) is 0 Å². The van der Waals surface area contributed by atoms with Gasteiger partial charge in [0.2, 0.25) is 0 Å². The van der Waals surface area contributed by atoms with Gasteiger partial charge in [0.25, 0.3) is 5.91 Å². The van der Waals surface area contributed by atoms with Gasteiger partial charge in [0.15, 0.2) is 0 Å². The van der Waals surface area contributed by atoms with E-state index in [1.54, 1.807) is 0 Å². The monoisotopic (exact) mass is 293 g/mol. The summed E-state index contributed by atoms with van der Waals surface area (Å²) >= 11 is 0. The van der Waals surface area contributed by atoms with E-state index >= 15 is 0 Å². The Bertz CT molecular complexity index is 363. The van der Waals surface area contributed by atoms with Crippen molar-refractivity contribution in [3.63, 3.8) is 0 Å². The molecule has 0 spiro atoms. The van der Waals surface area contributed by atoms with Crippen molar-refractivity contribution < 1.29 is 4.79 Å². The lowest BCUT2D eigenvalue weighted by Crippen LogP contribution is -2.61. The molecule has 2 N–H and O–H groups in total. The number of hydrazine groups is 1. The fraction of sp³-hybridized carbons (Fsp3) is 0.941. The minimum atomic E-state index is 0.0191. The second-order valence-electron chi connectivity index (χ2n) is 7.46. The van der Waals surface area contributed by atoms with Gasteiger partial charge in [-0.05, 0) is 58.3 Å². The lowest BCUT2D eigenvalue weighted by Gasteiger charge is -2.42. The van der Waals surface area contributed by atoms with Crippen molar-refractivity contribution in [3.05, 3.63) is 0 Å². The van der Waals surface area contributed by atoms with Gasteiger partial charge in [0.1, 0.15) is 0 Å². The highest BCUT2D eigenvalue weighted by Crippen LogP contribution is 2.32. The zero-order valence-corrected chi connectivity index (χ0v) is 13.6. The predicted octanol–water partition coefficient (Wildman–Crippen LogP) is 2.59. The van der Waals surface area contributed by atoms with E-state index in [0.717, 1.165) is 12.3 Å². The number of rotatable bonds is 2. The maximum Gasteiger partial charge on any atom is 0.251 e. The molecule has 1 saturated carbocycles. The standard InChI is InChI=1S/C17H31N3O/c1-12-6-5-7-13(2)20(12)19-17(21)16-11-10-14-8-3-4-9-15(14)18-16/h12-16,18H,3-11H2,1-2H3,(H,19,21). The molecule has 3 fully saturated rings. The van der Waals surface area contributed by atoms with Gasteiger partial charge in [0, 0.05) is 18.1 Å². The fourth-order valence-corrected chi connectivity index (χ4v) is 4.55. The van der Waals surface area contributed by atoms with E-state index in [1.807, 2.05) is 0 Å². The SMILES string of the molecule is CC1CCCC(C)N1NC(=O)C1CCC2CCCCC2N1. The Morgan fingerprint density at radius 1 is 0.952 bits per heavy atom. The maximum absolute atomic E-state index is 12.6. The Morgan fingerprint density at radius 3 is 2.43 bits per heavy atom. The molecule has 0 aromatic heterocycles. The second-order valence-corrected chi connectivity index (χ2v) is 7.46. The van der Waals surface area contributed by atoms with Gasteiger partial charge in [-0.1, -0.05) is 19.3 Å². The molecule has 5 atom stereocenters. The number of carbonyl (C=O) groups is 1. The molecule has 0 bridgehead atoms. The summed E-state index contributed by atoms with van der Waals surface area (Å²) in [5.41, 5.74) is 3.22. The van der Waals surface area contributed by atoms with Crippen molar-refractivity contribution in [2.24, 2.45) is 5.92 Å². The number of carbonyl (C=O) groups excluding carboxylic acids is 1. The van der Waals surface area contributed by atoms with Crippen LogP contribution in [0, 0.1) is 5.92 Å². The normalized spacial score (nSPS) is 41.3. The zero-order chi connectivity index (χ0) is 14.8. The summed E-state index contributed by atoms with van der Waals surface area (Å²) in [7, 11) is 0. The summed E-state index contributed by atoms with van der Waals surface area (Å²) in [5, 5.41) is 5.83. The van der Waals surface area contributed by atoms with Crippen LogP contribution in [0.15, 0.2) is 0 Å². The van der Waals surface area contributed by atoms with Crippen molar-refractivity contribution in [1.82, 2.24) is 15.8 Å². The number of nitrogens with zero attached hydrogens (tertiary/aromatic N) is 1. The number of nitrogens with one attached hydrogen (secondary N) is 2. The zero-order valence-electron chi connectivity index (χ0n) is 13.6. The van der Waals surface area contributed by atoms with Crippen molar-refractivity contribution >= 4 is 5.91 Å². The highest BCUT2D eigenvalue weighted by atomic mass is 16.2. The van der Waals surface area contributed by atoms with Crippen molar-refractivity contribution in [2.75, 3.05) is 0 Å². The van der Waals surface area contributed by atoms with Gasteiger partial charge in [-0.3, -0.25) is 10.2 Å². The van der Waals surface area contributed by atoms with Gasteiger partial charge < -0.3 is 5.32 Å². The van der Waals surface area contributed by atoms with Gasteiger partial charge in [-0.15, -0.1) is 0 Å². The Balaban J connectivity index is 1.55. The number of hydrogen-bond acceptors (Lipinski definition) is 3. The third kappa shape index (κ3) is 3.42. The van der Waals surface area contributed by atoms with E-state index < -0.39 is 0 Å². The minimum absolute atomic E-state index is 0.0191. The Kier molecular flexibility index (Phi) is 4.85. The largest absolute Gasteiger partial charge is 0.303 e. The molecule has 0 radical (unpaired) electrons. The molecule has 21 heavy (non-hydrogen) atoms. The number of fused-ring (bicyclic) bond motifs is 1. The number of amides is 1. The maximum atomic E-state index is 12.6. The highest BCUT2D eigenvalue weighted by molar-refractivity contribution is 5.81. The summed E-state index contributed by atoms with van der Waals surface area (Å²) in [6, 6.07) is 1.53. The smallest absolute Gasteiger partial charge is 0.251 e. The van der Waals surface area contributed by atoms with Crippen molar-refractivity contribution in [3.8, 4) is 0 Å². The molecular weight excluding hydrogens is 262 g/mol. The highest BCUT2D eigenvalue weighted by Gasteiger charge is 2.36. The lowest BCUT2D eigenvalue weighted by atomic mass is 9.77. The van der Waals surface area contributed by atoms with E-state index in [2.05, 4.69) is 29.6 Å². The molecule has 0 aromatic carbocycles. The lowest BCUT2D eigenvalue weighted by molar-refractivity contribution is -0.132. The molecule has 1 amide bonds. The molecule has 3 rings (SSSR count). The van der Waals surface area contributed by atoms with Crippen molar-refractivity contribution in [1.29, 1.82) is 0 Å². The van der Waals surface area contributed by atoms with E-state index in [0.29, 0.717) is 18.1 Å². The summed E-state index contributed by atoms with van der Waals surface area (Å²) in [6.45, 7) is 4.45. The Labute approximate surface area is 129 Å². The van der Waals surface area contributed by atoms with Crippen LogP contribution in [0.5, 0.6) is 0 Å². The van der Waals surface area contributed by atoms with Crippen LogP contribution >= 0.6 is 0 Å². The molecule has 2 saturated heterocycles. The van der Waals surface area contributed by atoms with Crippen LogP contribution in [-0.4, -0.2) is 35.1 Å². The van der Waals surface area contributed by atoms with Crippen LogP contribution < -0.4 is 10.7 Å². The average molecular weight is 293 g/mol. The molecule has 2 heterocycles. The molecule has 4 nitrogen and oxygen atoms in total. The van der Waals surface area contributed by atoms with Crippen LogP contribution in [0.25, 0.3) is 0 Å². The molecule has 4 heteroatoms. The molecule has 3 aliphatic rings. The third-order valence-corrected chi connectivity index (χ3v) is 5.90. The first-order chi connectivity index (χ1) is 10.1. The molecule has 0 aromatic rings. The molecular formula is C17H31N3O. The summed E-state index contributed by atoms with van der Waals surface area (Å²) in [4.78, 5) is 12.6. The molecule has 120 valence electrons. The molecule has 1 aliphatic carbocycles. The number of piperidine rings is 2. The Hall–Kier alpha value is -0.610. The topological polar surface area (TPSA) is 44.4 Å². The average Bonchev–Trinajstić information content (AvgIpc) is 2.50. The summed E-state index contributed by atoms with van der Waals surface area (Å²) < 4.78 is 0. The summed E-state index contributed by atoms with van der Waals surface area (Å²) in [5.74, 6) is 1.01. The fourth-order valence-electron chi connectivity index (χ4n) is 4.55. The third-order valence-electron chi connectivity index (χ3n) is 5.90. The van der Waals surface area contributed by atoms with Gasteiger partial charge in [-0.25, -0.2) is 5.01 Å². The van der Waals surface area contributed by atoms with E-state index in [4.69, 9.17) is 0 Å². The van der Waals surface area contributed by atoms with Crippen LogP contribution in [0.4, 0.5) is 0 Å². The first kappa shape index (κ1) is 15.3. The summed E-state index contributed by atoms with van der Waals surface area (Å²) in [6.07, 6.45) is 11.2. The van der Waals surface area contributed by atoms with Crippen LogP contribution in [0.3, 0.4) is 0 Å². The van der Waals surface area contributed by atoms with E-state index in [9.17, 15) is 4.79 Å². The minimum Gasteiger partial charge on any atom is -0.303 e. The number of hydrogen-bond donors (Lipinski definition) is 2. The Morgan fingerprint density at radius 2 is 1.67 bits per heavy atom. The van der Waals surface area contributed by atoms with Crippen LogP contribution in [0.1, 0.15) is 71.6 Å². The van der Waals surface area contributed by atoms with Gasteiger partial charge in [-0.2, -0.15) is 0 Å². The molecule has 5 unspecified atom stereocenters. The first-order valence-electron chi connectivity index (χ1n) is 9.00.